The van der Waals surface area contributed by atoms with Gasteiger partial charge in [0.15, 0.2) is 12.4 Å². The first-order valence-corrected chi connectivity index (χ1v) is 8.13. The molecule has 0 N–H and O–H groups in total. The van der Waals surface area contributed by atoms with E-state index < -0.39 is 0 Å². The van der Waals surface area contributed by atoms with E-state index in [0.29, 0.717) is 22.4 Å². The fourth-order valence-corrected chi connectivity index (χ4v) is 2.69. The maximum atomic E-state index is 11.8. The number of hydrogen-bond acceptors (Lipinski definition) is 6. The zero-order valence-electron chi connectivity index (χ0n) is 12.3. The van der Waals surface area contributed by atoms with E-state index in [1.54, 1.807) is 18.3 Å². The number of ether oxygens (including phenoxy) is 1. The molecule has 0 saturated heterocycles. The van der Waals surface area contributed by atoms with Crippen molar-refractivity contribution in [2.75, 3.05) is 0 Å². The molecule has 0 unspecified atom stereocenters. The number of aryl methyl sites for hydroxylation is 1. The summed E-state index contributed by atoms with van der Waals surface area (Å²) in [7, 11) is 0. The van der Waals surface area contributed by atoms with Gasteiger partial charge in [-0.2, -0.15) is 0 Å². The summed E-state index contributed by atoms with van der Waals surface area (Å²) in [4.78, 5) is 20.1. The fourth-order valence-electron chi connectivity index (χ4n) is 1.96. The molecule has 3 rings (SSSR count). The largest absolute Gasteiger partial charge is 0.455 e. The van der Waals surface area contributed by atoms with Crippen LogP contribution in [-0.2, 0) is 22.6 Å². The molecule has 0 amide bonds. The van der Waals surface area contributed by atoms with Crippen molar-refractivity contribution in [2.24, 2.45) is 0 Å². The third kappa shape index (κ3) is 4.18. The van der Waals surface area contributed by atoms with Crippen molar-refractivity contribution in [1.29, 1.82) is 0 Å². The molecule has 0 aliphatic rings. The lowest BCUT2D eigenvalue weighted by Gasteiger charge is -2.00. The lowest BCUT2D eigenvalue weighted by atomic mass is 10.2. The number of carbonyl (C=O) groups excluding carboxylic acids is 1. The molecule has 0 saturated carbocycles. The van der Waals surface area contributed by atoms with Crippen molar-refractivity contribution in [1.82, 2.24) is 9.97 Å². The summed E-state index contributed by atoms with van der Waals surface area (Å²) in [5.41, 5.74) is 1.57. The maximum Gasteiger partial charge on any atom is 0.312 e. The van der Waals surface area contributed by atoms with Crippen molar-refractivity contribution in [2.45, 2.75) is 20.0 Å². The zero-order chi connectivity index (χ0) is 16.2. The summed E-state index contributed by atoms with van der Waals surface area (Å²) in [6, 6.07) is 7.22. The SMILES string of the molecule is Cc1nc(CC(=O)OCc2ncc(-c3ccc(Cl)cc3)o2)cs1. The lowest BCUT2D eigenvalue weighted by molar-refractivity contribution is -0.144. The van der Waals surface area contributed by atoms with Gasteiger partial charge in [0.25, 0.3) is 0 Å². The Balaban J connectivity index is 1.56. The first-order valence-electron chi connectivity index (χ1n) is 6.87. The molecule has 0 fully saturated rings. The molecule has 0 aliphatic heterocycles. The minimum Gasteiger partial charge on any atom is -0.455 e. The number of esters is 1. The minimum atomic E-state index is -0.360. The number of carbonyl (C=O) groups is 1. The number of nitrogens with zero attached hydrogens (tertiary/aromatic N) is 2. The van der Waals surface area contributed by atoms with Gasteiger partial charge in [0.05, 0.1) is 23.3 Å². The molecule has 2 heterocycles. The molecule has 0 radical (unpaired) electrons. The van der Waals surface area contributed by atoms with Crippen LogP contribution in [0.1, 0.15) is 16.6 Å². The summed E-state index contributed by atoms with van der Waals surface area (Å²) < 4.78 is 10.7. The van der Waals surface area contributed by atoms with Gasteiger partial charge in [0.2, 0.25) is 5.89 Å². The Labute approximate surface area is 141 Å². The number of hydrogen-bond donors (Lipinski definition) is 0. The average molecular weight is 349 g/mol. The Morgan fingerprint density at radius 2 is 2.13 bits per heavy atom. The smallest absolute Gasteiger partial charge is 0.312 e. The van der Waals surface area contributed by atoms with Crippen molar-refractivity contribution in [3.63, 3.8) is 0 Å². The highest BCUT2D eigenvalue weighted by Crippen LogP contribution is 2.22. The number of oxazole rings is 1. The third-order valence-corrected chi connectivity index (χ3v) is 4.11. The molecule has 3 aromatic rings. The van der Waals surface area contributed by atoms with E-state index in [1.807, 2.05) is 24.4 Å². The summed E-state index contributed by atoms with van der Waals surface area (Å²) in [5, 5.41) is 3.42. The Kier molecular flexibility index (Phi) is 4.73. The van der Waals surface area contributed by atoms with E-state index in [0.717, 1.165) is 10.6 Å². The monoisotopic (exact) mass is 348 g/mol. The van der Waals surface area contributed by atoms with E-state index in [1.165, 1.54) is 11.3 Å². The van der Waals surface area contributed by atoms with Crippen molar-refractivity contribution < 1.29 is 13.9 Å². The molecule has 0 aliphatic carbocycles. The summed E-state index contributed by atoms with van der Waals surface area (Å²) in [6.45, 7) is 1.89. The van der Waals surface area contributed by atoms with Gasteiger partial charge < -0.3 is 9.15 Å². The summed E-state index contributed by atoms with van der Waals surface area (Å²) in [5.74, 6) is 0.585. The highest BCUT2D eigenvalue weighted by molar-refractivity contribution is 7.09. The van der Waals surface area contributed by atoms with E-state index in [2.05, 4.69) is 9.97 Å². The second-order valence-electron chi connectivity index (χ2n) is 4.82. The average Bonchev–Trinajstić information content (AvgIpc) is 3.15. The highest BCUT2D eigenvalue weighted by atomic mass is 35.5. The fraction of sp³-hybridized carbons (Fsp3) is 0.188. The molecular formula is C16H13ClN2O3S. The van der Waals surface area contributed by atoms with Crippen LogP contribution >= 0.6 is 22.9 Å². The normalized spacial score (nSPS) is 10.7. The Hall–Kier alpha value is -2.18. The second kappa shape index (κ2) is 6.93. The maximum absolute atomic E-state index is 11.8. The van der Waals surface area contributed by atoms with Gasteiger partial charge in [-0.1, -0.05) is 11.6 Å². The molecule has 0 bridgehead atoms. The van der Waals surface area contributed by atoms with Crippen LogP contribution in [0.25, 0.3) is 11.3 Å². The van der Waals surface area contributed by atoms with Gasteiger partial charge >= 0.3 is 5.97 Å². The van der Waals surface area contributed by atoms with E-state index in [9.17, 15) is 4.79 Å². The van der Waals surface area contributed by atoms with Crippen molar-refractivity contribution >= 4 is 28.9 Å². The molecular weight excluding hydrogens is 336 g/mol. The van der Waals surface area contributed by atoms with Gasteiger partial charge in [-0.15, -0.1) is 11.3 Å². The molecule has 23 heavy (non-hydrogen) atoms. The minimum absolute atomic E-state index is 0.00442. The summed E-state index contributed by atoms with van der Waals surface area (Å²) in [6.07, 6.45) is 1.74. The van der Waals surface area contributed by atoms with Gasteiger partial charge in [0.1, 0.15) is 0 Å². The van der Waals surface area contributed by atoms with E-state index in [4.69, 9.17) is 20.8 Å². The number of aromatic nitrogens is 2. The molecule has 1 aromatic carbocycles. The number of rotatable bonds is 5. The van der Waals surface area contributed by atoms with Crippen LogP contribution < -0.4 is 0 Å². The lowest BCUT2D eigenvalue weighted by Crippen LogP contribution is -2.08. The van der Waals surface area contributed by atoms with E-state index >= 15 is 0 Å². The van der Waals surface area contributed by atoms with Crippen LogP contribution in [0, 0.1) is 6.92 Å². The Bertz CT molecular complexity index is 811. The van der Waals surface area contributed by atoms with Crippen molar-refractivity contribution in [3.05, 3.63) is 57.5 Å². The first-order chi connectivity index (χ1) is 11.1. The zero-order valence-corrected chi connectivity index (χ0v) is 13.9. The van der Waals surface area contributed by atoms with Gasteiger partial charge in [-0.25, -0.2) is 9.97 Å². The number of thiazole rings is 1. The van der Waals surface area contributed by atoms with Gasteiger partial charge in [-0.3, -0.25) is 4.79 Å². The summed E-state index contributed by atoms with van der Waals surface area (Å²) >= 11 is 7.35. The molecule has 7 heteroatoms. The predicted octanol–water partition coefficient (Wildman–Crippen LogP) is 4.05. The van der Waals surface area contributed by atoms with Crippen molar-refractivity contribution in [3.8, 4) is 11.3 Å². The van der Waals surface area contributed by atoms with Crippen LogP contribution in [0.3, 0.4) is 0 Å². The standard InChI is InChI=1S/C16H13ClN2O3S/c1-10-19-13(9-23-10)6-16(20)21-8-15-18-7-14(22-15)11-2-4-12(17)5-3-11/h2-5,7,9H,6,8H2,1H3. The van der Waals surface area contributed by atoms with E-state index in [-0.39, 0.29) is 19.0 Å². The topological polar surface area (TPSA) is 65.2 Å². The Morgan fingerprint density at radius 1 is 1.35 bits per heavy atom. The number of benzene rings is 1. The van der Waals surface area contributed by atoms with Crippen LogP contribution in [0.15, 0.2) is 40.3 Å². The van der Waals surface area contributed by atoms with Gasteiger partial charge in [-0.05, 0) is 31.2 Å². The van der Waals surface area contributed by atoms with Crippen LogP contribution in [0.4, 0.5) is 0 Å². The van der Waals surface area contributed by atoms with Crippen LogP contribution in [0.5, 0.6) is 0 Å². The first kappa shape index (κ1) is 15.7. The molecule has 0 atom stereocenters. The predicted molar refractivity (Wildman–Crippen MR) is 87.3 cm³/mol. The quantitative estimate of drug-likeness (QED) is 0.651. The molecule has 5 nitrogen and oxygen atoms in total. The Morgan fingerprint density at radius 3 is 2.83 bits per heavy atom. The molecule has 2 aromatic heterocycles. The van der Waals surface area contributed by atoms with Gasteiger partial charge in [0, 0.05) is 16.0 Å². The third-order valence-electron chi connectivity index (χ3n) is 3.03. The second-order valence-corrected chi connectivity index (χ2v) is 6.32. The van der Waals surface area contributed by atoms with Crippen LogP contribution in [0.2, 0.25) is 5.02 Å². The number of halogens is 1. The molecule has 118 valence electrons. The van der Waals surface area contributed by atoms with Crippen LogP contribution in [-0.4, -0.2) is 15.9 Å². The molecule has 0 spiro atoms. The highest BCUT2D eigenvalue weighted by Gasteiger charge is 2.11.